The van der Waals surface area contributed by atoms with E-state index in [0.29, 0.717) is 12.1 Å². The number of aryl methyl sites for hydroxylation is 2. The molecule has 29 heavy (non-hydrogen) atoms. The van der Waals surface area contributed by atoms with Crippen LogP contribution < -0.4 is 16.2 Å². The number of nitrogens with zero attached hydrogens (tertiary/aromatic N) is 3. The molecule has 156 valence electrons. The standard InChI is InChI=1S/C22H32N6O/c1-15-13-20(25-24-15)14-27-10-8-18(9-11-27)22(29)23-19-4-6-21(7-5-19)28-17(3)12-16(2)26-28/h4-7,12,15,18,20,24-25H,8-11,13-14H2,1-3H3,(H,23,29). The first-order valence-corrected chi connectivity index (χ1v) is 10.7. The SMILES string of the molecule is Cc1cc(C)n(-c2ccc(NC(=O)C3CCN(CC4CC(C)NN4)CC3)cc2)n1. The number of anilines is 1. The first-order valence-electron chi connectivity index (χ1n) is 10.7. The fourth-order valence-electron chi connectivity index (χ4n) is 4.43. The molecule has 1 amide bonds. The Hall–Kier alpha value is -2.22. The smallest absolute Gasteiger partial charge is 0.227 e. The Morgan fingerprint density at radius 1 is 1.17 bits per heavy atom. The number of hydrazine groups is 1. The van der Waals surface area contributed by atoms with Crippen LogP contribution in [0.5, 0.6) is 0 Å². The van der Waals surface area contributed by atoms with Gasteiger partial charge < -0.3 is 10.2 Å². The zero-order chi connectivity index (χ0) is 20.4. The molecule has 0 saturated carbocycles. The van der Waals surface area contributed by atoms with Gasteiger partial charge in [-0.2, -0.15) is 5.10 Å². The summed E-state index contributed by atoms with van der Waals surface area (Å²) in [7, 11) is 0. The van der Waals surface area contributed by atoms with Crippen molar-refractivity contribution in [1.82, 2.24) is 25.5 Å². The lowest BCUT2D eigenvalue weighted by atomic mass is 9.95. The molecule has 2 saturated heterocycles. The third-order valence-corrected chi connectivity index (χ3v) is 6.00. The number of nitrogens with one attached hydrogen (secondary N) is 3. The van der Waals surface area contributed by atoms with Crippen LogP contribution in [0.2, 0.25) is 0 Å². The first-order chi connectivity index (χ1) is 14.0. The second kappa shape index (κ2) is 8.65. The van der Waals surface area contributed by atoms with E-state index >= 15 is 0 Å². The molecule has 0 bridgehead atoms. The van der Waals surface area contributed by atoms with Crippen molar-refractivity contribution in [2.24, 2.45) is 5.92 Å². The highest BCUT2D eigenvalue weighted by Gasteiger charge is 2.28. The van der Waals surface area contributed by atoms with Crippen LogP contribution in [0.15, 0.2) is 30.3 Å². The molecule has 2 aromatic rings. The lowest BCUT2D eigenvalue weighted by Crippen LogP contribution is -2.45. The van der Waals surface area contributed by atoms with E-state index in [1.807, 2.05) is 42.8 Å². The van der Waals surface area contributed by atoms with Crippen LogP contribution >= 0.6 is 0 Å². The van der Waals surface area contributed by atoms with Crippen LogP contribution in [0.3, 0.4) is 0 Å². The van der Waals surface area contributed by atoms with Crippen LogP contribution in [0, 0.1) is 19.8 Å². The Balaban J connectivity index is 1.27. The molecular formula is C22H32N6O. The normalized spacial score (nSPS) is 23.4. The van der Waals surface area contributed by atoms with Gasteiger partial charge >= 0.3 is 0 Å². The maximum absolute atomic E-state index is 12.7. The fraction of sp³-hybridized carbons (Fsp3) is 0.545. The quantitative estimate of drug-likeness (QED) is 0.724. The van der Waals surface area contributed by atoms with Crippen LogP contribution in [-0.4, -0.2) is 52.3 Å². The van der Waals surface area contributed by atoms with E-state index in [1.54, 1.807) is 0 Å². The largest absolute Gasteiger partial charge is 0.326 e. The zero-order valence-electron chi connectivity index (χ0n) is 17.6. The van der Waals surface area contributed by atoms with Gasteiger partial charge in [0, 0.05) is 35.9 Å². The van der Waals surface area contributed by atoms with E-state index in [1.165, 1.54) is 0 Å². The Morgan fingerprint density at radius 3 is 2.48 bits per heavy atom. The molecule has 0 aliphatic carbocycles. The van der Waals surface area contributed by atoms with Gasteiger partial charge in [0.15, 0.2) is 0 Å². The van der Waals surface area contributed by atoms with E-state index in [0.717, 1.165) is 61.7 Å². The summed E-state index contributed by atoms with van der Waals surface area (Å²) in [6.45, 7) is 9.27. The minimum absolute atomic E-state index is 0.0931. The number of hydrogen-bond acceptors (Lipinski definition) is 5. The zero-order valence-corrected chi connectivity index (χ0v) is 17.6. The van der Waals surface area contributed by atoms with Gasteiger partial charge in [-0.1, -0.05) is 0 Å². The summed E-state index contributed by atoms with van der Waals surface area (Å²) in [6, 6.07) is 11.0. The average molecular weight is 397 g/mol. The van der Waals surface area contributed by atoms with Crippen LogP contribution in [0.4, 0.5) is 5.69 Å². The number of carbonyl (C=O) groups excluding carboxylic acids is 1. The molecule has 0 spiro atoms. The molecule has 2 unspecified atom stereocenters. The number of carbonyl (C=O) groups is 1. The molecule has 1 aromatic heterocycles. The number of amides is 1. The third-order valence-electron chi connectivity index (χ3n) is 6.00. The molecule has 4 rings (SSSR count). The predicted molar refractivity (Wildman–Crippen MR) is 115 cm³/mol. The molecule has 2 atom stereocenters. The van der Waals surface area contributed by atoms with E-state index in [2.05, 4.69) is 39.2 Å². The summed E-state index contributed by atoms with van der Waals surface area (Å²) in [5.74, 6) is 0.230. The number of piperidine rings is 1. The van der Waals surface area contributed by atoms with E-state index < -0.39 is 0 Å². The Morgan fingerprint density at radius 2 is 1.90 bits per heavy atom. The van der Waals surface area contributed by atoms with Gasteiger partial charge in [-0.15, -0.1) is 0 Å². The van der Waals surface area contributed by atoms with E-state index in [-0.39, 0.29) is 11.8 Å². The maximum Gasteiger partial charge on any atom is 0.227 e. The number of likely N-dealkylation sites (tertiary alicyclic amines) is 1. The highest BCUT2D eigenvalue weighted by Crippen LogP contribution is 2.21. The topological polar surface area (TPSA) is 74.2 Å². The summed E-state index contributed by atoms with van der Waals surface area (Å²) < 4.78 is 1.92. The van der Waals surface area contributed by atoms with Crippen molar-refractivity contribution in [3.05, 3.63) is 41.7 Å². The van der Waals surface area contributed by atoms with Crippen molar-refractivity contribution in [2.75, 3.05) is 25.0 Å². The molecule has 3 heterocycles. The lowest BCUT2D eigenvalue weighted by molar-refractivity contribution is -0.121. The number of aromatic nitrogens is 2. The summed E-state index contributed by atoms with van der Waals surface area (Å²) >= 11 is 0. The van der Waals surface area contributed by atoms with E-state index in [4.69, 9.17) is 0 Å². The Kier molecular flexibility index (Phi) is 5.99. The maximum atomic E-state index is 12.7. The molecule has 2 fully saturated rings. The van der Waals surface area contributed by atoms with Crippen molar-refractivity contribution >= 4 is 11.6 Å². The number of hydrogen-bond donors (Lipinski definition) is 3. The molecule has 2 aliphatic heterocycles. The minimum Gasteiger partial charge on any atom is -0.326 e. The van der Waals surface area contributed by atoms with Crippen molar-refractivity contribution in [3.63, 3.8) is 0 Å². The Bertz CT molecular complexity index is 837. The van der Waals surface area contributed by atoms with Gasteiger partial charge in [-0.3, -0.25) is 15.6 Å². The molecule has 2 aliphatic rings. The molecule has 7 nitrogen and oxygen atoms in total. The minimum atomic E-state index is 0.0931. The number of benzene rings is 1. The van der Waals surface area contributed by atoms with Crippen LogP contribution in [0.1, 0.15) is 37.6 Å². The highest BCUT2D eigenvalue weighted by molar-refractivity contribution is 5.92. The van der Waals surface area contributed by atoms with Crippen molar-refractivity contribution < 1.29 is 4.79 Å². The van der Waals surface area contributed by atoms with Crippen LogP contribution in [0.25, 0.3) is 5.69 Å². The van der Waals surface area contributed by atoms with Gasteiger partial charge in [0.05, 0.1) is 11.4 Å². The molecule has 0 radical (unpaired) electrons. The van der Waals surface area contributed by atoms with Gasteiger partial charge in [-0.25, -0.2) is 4.68 Å². The molecule has 3 N–H and O–H groups in total. The van der Waals surface area contributed by atoms with Gasteiger partial charge in [0.25, 0.3) is 0 Å². The molecular weight excluding hydrogens is 364 g/mol. The van der Waals surface area contributed by atoms with Crippen LogP contribution in [-0.2, 0) is 4.79 Å². The lowest BCUT2D eigenvalue weighted by Gasteiger charge is -2.32. The van der Waals surface area contributed by atoms with Crippen molar-refractivity contribution in [1.29, 1.82) is 0 Å². The van der Waals surface area contributed by atoms with Gasteiger partial charge in [0.2, 0.25) is 5.91 Å². The first kappa shape index (κ1) is 20.1. The summed E-state index contributed by atoms with van der Waals surface area (Å²) in [5, 5.41) is 7.60. The summed E-state index contributed by atoms with van der Waals surface area (Å²) in [6.07, 6.45) is 3.00. The second-order valence-electron chi connectivity index (χ2n) is 8.57. The average Bonchev–Trinajstić information content (AvgIpc) is 3.27. The fourth-order valence-corrected chi connectivity index (χ4v) is 4.43. The summed E-state index contributed by atoms with van der Waals surface area (Å²) in [5.41, 5.74) is 10.6. The van der Waals surface area contributed by atoms with Crippen molar-refractivity contribution in [2.45, 2.75) is 52.1 Å². The monoisotopic (exact) mass is 396 g/mol. The van der Waals surface area contributed by atoms with Crippen molar-refractivity contribution in [3.8, 4) is 5.69 Å². The molecule has 7 heteroatoms. The highest BCUT2D eigenvalue weighted by atomic mass is 16.1. The van der Waals surface area contributed by atoms with Gasteiger partial charge in [-0.05, 0) is 83.5 Å². The number of rotatable bonds is 5. The predicted octanol–water partition coefficient (Wildman–Crippen LogP) is 2.39. The second-order valence-corrected chi connectivity index (χ2v) is 8.57. The third kappa shape index (κ3) is 4.86. The van der Waals surface area contributed by atoms with E-state index in [9.17, 15) is 4.79 Å². The molecule has 1 aromatic carbocycles. The van der Waals surface area contributed by atoms with Gasteiger partial charge in [0.1, 0.15) is 0 Å². The summed E-state index contributed by atoms with van der Waals surface area (Å²) in [4.78, 5) is 15.2. The Labute approximate surface area is 172 Å².